The first-order valence-corrected chi connectivity index (χ1v) is 11.4. The van der Waals surface area contributed by atoms with E-state index in [-0.39, 0.29) is 24.7 Å². The molecule has 2 aromatic rings. The number of thiazole rings is 1. The normalized spacial score (nSPS) is 23.8. The fourth-order valence-electron chi connectivity index (χ4n) is 4.17. The molecule has 1 amide bonds. The average Bonchev–Trinajstić information content (AvgIpc) is 3.30. The van der Waals surface area contributed by atoms with Gasteiger partial charge in [-0.3, -0.25) is 14.6 Å². The lowest BCUT2D eigenvalue weighted by molar-refractivity contribution is -0.134. The molecule has 4 heterocycles. The van der Waals surface area contributed by atoms with Crippen LogP contribution < -0.4 is 0 Å². The summed E-state index contributed by atoms with van der Waals surface area (Å²) < 4.78 is 7.43. The summed E-state index contributed by atoms with van der Waals surface area (Å²) in [4.78, 5) is 23.9. The highest BCUT2D eigenvalue weighted by Crippen LogP contribution is 2.14. The number of amides is 1. The minimum Gasteiger partial charge on any atom is -0.373 e. The molecule has 2 aliphatic heterocycles. The number of aromatic nitrogens is 5. The Morgan fingerprint density at radius 2 is 1.87 bits per heavy atom. The molecular formula is C19H30N8O2S. The van der Waals surface area contributed by atoms with E-state index in [9.17, 15) is 4.79 Å². The van der Waals surface area contributed by atoms with E-state index < -0.39 is 0 Å². The lowest BCUT2D eigenvalue weighted by Gasteiger charge is -2.35. The molecule has 30 heavy (non-hydrogen) atoms. The van der Waals surface area contributed by atoms with Gasteiger partial charge in [-0.2, -0.15) is 0 Å². The molecule has 2 aliphatic rings. The van der Waals surface area contributed by atoms with E-state index >= 15 is 0 Å². The molecule has 2 saturated heterocycles. The van der Waals surface area contributed by atoms with Crippen LogP contribution in [0.5, 0.6) is 0 Å². The van der Waals surface area contributed by atoms with Crippen LogP contribution in [0.4, 0.5) is 0 Å². The number of nitrogens with zero attached hydrogens (tertiary/aromatic N) is 8. The summed E-state index contributed by atoms with van der Waals surface area (Å²) >= 11 is 1.68. The van der Waals surface area contributed by atoms with Crippen molar-refractivity contribution in [3.63, 3.8) is 0 Å². The summed E-state index contributed by atoms with van der Waals surface area (Å²) in [6.07, 6.45) is 0.369. The lowest BCUT2D eigenvalue weighted by atomic mass is 10.2. The van der Waals surface area contributed by atoms with Crippen LogP contribution in [0, 0.1) is 6.92 Å². The van der Waals surface area contributed by atoms with Crippen LogP contribution in [0.2, 0.25) is 0 Å². The van der Waals surface area contributed by atoms with Crippen molar-refractivity contribution in [1.29, 1.82) is 0 Å². The van der Waals surface area contributed by atoms with Crippen LogP contribution in [-0.4, -0.2) is 97.3 Å². The number of hydrogen-bond donors (Lipinski definition) is 0. The quantitative estimate of drug-likeness (QED) is 0.645. The van der Waals surface area contributed by atoms with Gasteiger partial charge in [0.1, 0.15) is 6.54 Å². The molecule has 11 heteroatoms. The molecule has 0 aliphatic carbocycles. The SMILES string of the molecule is Cc1nc(CN2CCN(C(=O)Cn3nnnc3CN3C[C@@H](C)O[C@@H](C)C3)CC2)cs1. The molecule has 2 fully saturated rings. The first-order valence-electron chi connectivity index (χ1n) is 10.5. The highest BCUT2D eigenvalue weighted by atomic mass is 32.1. The van der Waals surface area contributed by atoms with E-state index in [0.29, 0.717) is 6.54 Å². The molecule has 0 spiro atoms. The Balaban J connectivity index is 1.27. The van der Waals surface area contributed by atoms with Gasteiger partial charge >= 0.3 is 0 Å². The fraction of sp³-hybridized carbons (Fsp3) is 0.737. The maximum Gasteiger partial charge on any atom is 0.244 e. The van der Waals surface area contributed by atoms with Gasteiger partial charge < -0.3 is 9.64 Å². The third-order valence-corrected chi connectivity index (χ3v) is 6.35. The Hall–Kier alpha value is -1.95. The van der Waals surface area contributed by atoms with Crippen molar-refractivity contribution < 1.29 is 9.53 Å². The lowest BCUT2D eigenvalue weighted by Crippen LogP contribution is -2.49. The highest BCUT2D eigenvalue weighted by Gasteiger charge is 2.26. The number of ether oxygens (including phenoxy) is 1. The van der Waals surface area contributed by atoms with Crippen molar-refractivity contribution in [2.24, 2.45) is 0 Å². The van der Waals surface area contributed by atoms with E-state index in [2.05, 4.69) is 49.5 Å². The van der Waals surface area contributed by atoms with Gasteiger partial charge in [-0.25, -0.2) is 9.67 Å². The zero-order valence-corrected chi connectivity index (χ0v) is 18.7. The van der Waals surface area contributed by atoms with Crippen molar-refractivity contribution in [1.82, 2.24) is 39.9 Å². The Kier molecular flexibility index (Phi) is 6.71. The standard InChI is InChI=1S/C19H30N8O2S/c1-14-8-25(9-15(2)29-14)11-18-21-22-23-27(18)12-19(28)26-6-4-24(5-7-26)10-17-13-30-16(3)20-17/h13-15H,4-12H2,1-3H3/t14-,15+. The predicted octanol–water partition coefficient (Wildman–Crippen LogP) is 0.392. The van der Waals surface area contributed by atoms with Crippen molar-refractivity contribution in [2.75, 3.05) is 39.3 Å². The number of tetrazole rings is 1. The second-order valence-corrected chi connectivity index (χ2v) is 9.28. The van der Waals surface area contributed by atoms with Crippen LogP contribution in [-0.2, 0) is 29.2 Å². The number of carbonyl (C=O) groups is 1. The zero-order valence-electron chi connectivity index (χ0n) is 17.9. The highest BCUT2D eigenvalue weighted by molar-refractivity contribution is 7.09. The van der Waals surface area contributed by atoms with E-state index in [1.54, 1.807) is 16.0 Å². The average molecular weight is 435 g/mol. The molecule has 164 valence electrons. The minimum atomic E-state index is 0.0661. The maximum atomic E-state index is 12.8. The summed E-state index contributed by atoms with van der Waals surface area (Å²) in [6, 6.07) is 0. The van der Waals surface area contributed by atoms with Gasteiger partial charge in [-0.05, 0) is 31.2 Å². The van der Waals surface area contributed by atoms with Crippen LogP contribution in [0.15, 0.2) is 5.38 Å². The molecule has 2 aromatic heterocycles. The van der Waals surface area contributed by atoms with Crippen molar-refractivity contribution in [3.05, 3.63) is 21.9 Å². The first-order chi connectivity index (χ1) is 14.5. The summed E-state index contributed by atoms with van der Waals surface area (Å²) in [5.41, 5.74) is 1.11. The molecule has 4 rings (SSSR count). The Labute approximate surface area is 180 Å². The molecule has 0 unspecified atom stereocenters. The zero-order chi connectivity index (χ0) is 21.1. The Morgan fingerprint density at radius 1 is 1.13 bits per heavy atom. The van der Waals surface area contributed by atoms with E-state index in [1.807, 2.05) is 11.8 Å². The molecule has 0 radical (unpaired) electrons. The summed E-state index contributed by atoms with van der Waals surface area (Å²) in [5, 5.41) is 15.2. The van der Waals surface area contributed by atoms with Gasteiger partial charge in [0.05, 0.1) is 29.5 Å². The van der Waals surface area contributed by atoms with Crippen LogP contribution in [0.1, 0.15) is 30.4 Å². The van der Waals surface area contributed by atoms with Gasteiger partial charge in [0.2, 0.25) is 5.91 Å². The van der Waals surface area contributed by atoms with Gasteiger partial charge in [0, 0.05) is 51.2 Å². The largest absolute Gasteiger partial charge is 0.373 e. The smallest absolute Gasteiger partial charge is 0.244 e. The number of morpholine rings is 1. The van der Waals surface area contributed by atoms with Gasteiger partial charge in [-0.1, -0.05) is 0 Å². The number of aryl methyl sites for hydroxylation is 1. The number of rotatable bonds is 6. The summed E-state index contributed by atoms with van der Waals surface area (Å²) in [5.74, 6) is 0.790. The van der Waals surface area contributed by atoms with Gasteiger partial charge in [0.25, 0.3) is 0 Å². The third-order valence-electron chi connectivity index (χ3n) is 5.53. The van der Waals surface area contributed by atoms with Crippen LogP contribution in [0.25, 0.3) is 0 Å². The van der Waals surface area contributed by atoms with Gasteiger partial charge in [0.15, 0.2) is 5.82 Å². The van der Waals surface area contributed by atoms with Crippen LogP contribution in [0.3, 0.4) is 0 Å². The summed E-state index contributed by atoms with van der Waals surface area (Å²) in [7, 11) is 0. The minimum absolute atomic E-state index is 0.0661. The predicted molar refractivity (Wildman–Crippen MR) is 112 cm³/mol. The fourth-order valence-corrected chi connectivity index (χ4v) is 4.77. The van der Waals surface area contributed by atoms with Crippen molar-refractivity contribution >= 4 is 17.2 Å². The first kappa shape index (κ1) is 21.3. The van der Waals surface area contributed by atoms with E-state index in [0.717, 1.165) is 62.3 Å². The molecule has 0 aromatic carbocycles. The molecule has 0 N–H and O–H groups in total. The number of hydrogen-bond acceptors (Lipinski definition) is 9. The molecule has 10 nitrogen and oxygen atoms in total. The monoisotopic (exact) mass is 434 g/mol. The van der Waals surface area contributed by atoms with E-state index in [4.69, 9.17) is 4.74 Å². The van der Waals surface area contributed by atoms with Crippen molar-refractivity contribution in [3.8, 4) is 0 Å². The molecule has 0 saturated carbocycles. The second kappa shape index (κ2) is 9.46. The topological polar surface area (TPSA) is 92.5 Å². The Morgan fingerprint density at radius 3 is 2.53 bits per heavy atom. The molecular weight excluding hydrogens is 404 g/mol. The number of carbonyl (C=O) groups excluding carboxylic acids is 1. The summed E-state index contributed by atoms with van der Waals surface area (Å²) in [6.45, 7) is 12.7. The van der Waals surface area contributed by atoms with Crippen molar-refractivity contribution in [2.45, 2.75) is 52.6 Å². The van der Waals surface area contributed by atoms with E-state index in [1.165, 1.54) is 0 Å². The van der Waals surface area contributed by atoms with Crippen LogP contribution >= 0.6 is 11.3 Å². The maximum absolute atomic E-state index is 12.8. The third kappa shape index (κ3) is 5.39. The molecule has 0 bridgehead atoms. The molecule has 2 atom stereocenters. The second-order valence-electron chi connectivity index (χ2n) is 8.22. The number of piperazine rings is 1. The van der Waals surface area contributed by atoms with Gasteiger partial charge in [-0.15, -0.1) is 16.4 Å². The Bertz CT molecular complexity index is 837.